The number of aliphatic hydroxyl groups is 11. The van der Waals surface area contributed by atoms with Gasteiger partial charge in [0.05, 0.1) is 38.6 Å². The standard InChI is InChI=1S/C55H99NO18/c1-3-5-7-9-11-13-15-17-19-21-23-25-27-29-31-33-43(61)56-38(39(60)32-30-28-26-24-22-20-18-16-14-12-10-8-6-4-2)37-69-53-49(67)46(64)51(41(35-58)71-53)74-55-50(68)47(65)52(42(36-59)72-55)73-54-48(66)45(63)44(62)40(34-57)70-54/h5,7,11,13,17,19,38-42,44-55,57-60,62-68H,3-4,6,8-10,12,14-16,18,20-37H2,1-2H3,(H,56,61)/b7-5-,13-11-,19-17-. The molecule has 0 aromatic carbocycles. The number of allylic oxidation sites excluding steroid dienone is 6. The van der Waals surface area contributed by atoms with Gasteiger partial charge in [-0.25, -0.2) is 0 Å². The maximum atomic E-state index is 13.3. The molecule has 3 saturated heterocycles. The molecule has 1 amide bonds. The van der Waals surface area contributed by atoms with Crippen LogP contribution in [-0.4, -0.2) is 193 Å². The van der Waals surface area contributed by atoms with Crippen LogP contribution in [0.1, 0.15) is 174 Å². The van der Waals surface area contributed by atoms with Crippen molar-refractivity contribution in [2.24, 2.45) is 0 Å². The van der Waals surface area contributed by atoms with Gasteiger partial charge in [0.25, 0.3) is 0 Å². The van der Waals surface area contributed by atoms with Crippen LogP contribution in [0.3, 0.4) is 0 Å². The molecule has 12 N–H and O–H groups in total. The number of unbranched alkanes of at least 4 members (excludes halogenated alkanes) is 18. The lowest BCUT2D eigenvalue weighted by atomic mass is 9.96. The summed E-state index contributed by atoms with van der Waals surface area (Å²) in [4.78, 5) is 13.3. The van der Waals surface area contributed by atoms with E-state index in [0.717, 1.165) is 77.0 Å². The number of nitrogens with one attached hydrogen (secondary N) is 1. The van der Waals surface area contributed by atoms with Gasteiger partial charge in [-0.15, -0.1) is 0 Å². The van der Waals surface area contributed by atoms with Gasteiger partial charge in [0.1, 0.15) is 73.2 Å². The number of amides is 1. The third kappa shape index (κ3) is 23.9. The van der Waals surface area contributed by atoms with Crippen molar-refractivity contribution in [3.63, 3.8) is 0 Å². The average molecular weight is 1060 g/mol. The highest BCUT2D eigenvalue weighted by atomic mass is 16.8. The number of ether oxygens (including phenoxy) is 6. The van der Waals surface area contributed by atoms with Crippen LogP contribution >= 0.6 is 0 Å². The van der Waals surface area contributed by atoms with Gasteiger partial charge in [-0.05, 0) is 44.9 Å². The zero-order chi connectivity index (χ0) is 54.1. The van der Waals surface area contributed by atoms with Crippen LogP contribution in [-0.2, 0) is 33.2 Å². The van der Waals surface area contributed by atoms with Crippen LogP contribution in [0.5, 0.6) is 0 Å². The Morgan fingerprint density at radius 3 is 1.46 bits per heavy atom. The predicted octanol–water partition coefficient (Wildman–Crippen LogP) is 3.76. The Balaban J connectivity index is 1.53. The summed E-state index contributed by atoms with van der Waals surface area (Å²) in [5.41, 5.74) is 0. The molecule has 0 aliphatic carbocycles. The van der Waals surface area contributed by atoms with Crippen molar-refractivity contribution in [1.29, 1.82) is 0 Å². The maximum absolute atomic E-state index is 13.3. The summed E-state index contributed by atoms with van der Waals surface area (Å²) < 4.78 is 34.2. The van der Waals surface area contributed by atoms with Crippen LogP contribution in [0.2, 0.25) is 0 Å². The van der Waals surface area contributed by atoms with E-state index in [1.54, 1.807) is 0 Å². The van der Waals surface area contributed by atoms with E-state index < -0.39 is 124 Å². The second kappa shape index (κ2) is 39.4. The van der Waals surface area contributed by atoms with Crippen molar-refractivity contribution < 1.29 is 89.4 Å². The molecule has 74 heavy (non-hydrogen) atoms. The molecule has 3 fully saturated rings. The molecule has 17 unspecified atom stereocenters. The van der Waals surface area contributed by atoms with Gasteiger partial charge in [-0.1, -0.05) is 159 Å². The molecule has 3 heterocycles. The summed E-state index contributed by atoms with van der Waals surface area (Å²) in [7, 11) is 0. The Hall–Kier alpha value is -1.99. The monoisotopic (exact) mass is 1060 g/mol. The van der Waals surface area contributed by atoms with Gasteiger partial charge in [-0.2, -0.15) is 0 Å². The molecule has 0 spiro atoms. The highest BCUT2D eigenvalue weighted by Crippen LogP contribution is 2.33. The van der Waals surface area contributed by atoms with Crippen molar-refractivity contribution in [2.45, 2.75) is 279 Å². The third-order valence-corrected chi connectivity index (χ3v) is 14.2. The zero-order valence-corrected chi connectivity index (χ0v) is 44.6. The lowest BCUT2D eigenvalue weighted by Crippen LogP contribution is -2.66. The minimum Gasteiger partial charge on any atom is -0.394 e. The van der Waals surface area contributed by atoms with Gasteiger partial charge < -0.3 is 89.9 Å². The number of hydrogen-bond acceptors (Lipinski definition) is 18. The van der Waals surface area contributed by atoms with E-state index in [2.05, 4.69) is 55.6 Å². The average Bonchev–Trinajstić information content (AvgIpc) is 3.40. The summed E-state index contributed by atoms with van der Waals surface area (Å²) in [6, 6.07) is -0.894. The molecule has 0 bridgehead atoms. The van der Waals surface area contributed by atoms with Gasteiger partial charge >= 0.3 is 0 Å². The number of rotatable bonds is 40. The molecule has 17 atom stereocenters. The molecule has 0 saturated carbocycles. The Morgan fingerprint density at radius 1 is 0.500 bits per heavy atom. The molecule has 0 aromatic heterocycles. The minimum absolute atomic E-state index is 0.246. The first-order chi connectivity index (χ1) is 35.8. The fourth-order valence-electron chi connectivity index (χ4n) is 9.56. The summed E-state index contributed by atoms with van der Waals surface area (Å²) in [5, 5.41) is 120. The first kappa shape index (κ1) is 66.3. The second-order valence-electron chi connectivity index (χ2n) is 20.4. The van der Waals surface area contributed by atoms with Crippen molar-refractivity contribution in [2.75, 3.05) is 26.4 Å². The van der Waals surface area contributed by atoms with Crippen LogP contribution in [0.15, 0.2) is 36.5 Å². The highest BCUT2D eigenvalue weighted by molar-refractivity contribution is 5.76. The molecule has 3 aliphatic rings. The molecule has 432 valence electrons. The largest absolute Gasteiger partial charge is 0.394 e. The molecule has 3 rings (SSSR count). The second-order valence-corrected chi connectivity index (χ2v) is 20.4. The molecular formula is C55H99NO18. The smallest absolute Gasteiger partial charge is 0.220 e. The van der Waals surface area contributed by atoms with Crippen LogP contribution in [0.25, 0.3) is 0 Å². The zero-order valence-electron chi connectivity index (χ0n) is 44.6. The summed E-state index contributed by atoms with van der Waals surface area (Å²) in [5.74, 6) is -0.262. The van der Waals surface area contributed by atoms with Gasteiger partial charge in [0.15, 0.2) is 18.9 Å². The Morgan fingerprint density at radius 2 is 0.932 bits per heavy atom. The van der Waals surface area contributed by atoms with E-state index in [1.807, 2.05) is 0 Å². The Labute approximate surface area is 440 Å². The number of hydrogen-bond donors (Lipinski definition) is 12. The van der Waals surface area contributed by atoms with Crippen LogP contribution in [0.4, 0.5) is 0 Å². The fraction of sp³-hybridized carbons (Fsp3) is 0.873. The third-order valence-electron chi connectivity index (χ3n) is 14.2. The normalized spacial score (nSPS) is 31.7. The first-order valence-corrected chi connectivity index (χ1v) is 28.2. The predicted molar refractivity (Wildman–Crippen MR) is 277 cm³/mol. The summed E-state index contributed by atoms with van der Waals surface area (Å²) in [6.45, 7) is 1.64. The van der Waals surface area contributed by atoms with E-state index in [1.165, 1.54) is 64.2 Å². The minimum atomic E-state index is -1.97. The van der Waals surface area contributed by atoms with Gasteiger partial charge in [-0.3, -0.25) is 4.79 Å². The molecule has 0 radical (unpaired) electrons. The lowest BCUT2D eigenvalue weighted by molar-refractivity contribution is -0.379. The molecular weight excluding hydrogens is 963 g/mol. The highest BCUT2D eigenvalue weighted by Gasteiger charge is 2.53. The van der Waals surface area contributed by atoms with Crippen molar-refractivity contribution >= 4 is 5.91 Å². The first-order valence-electron chi connectivity index (χ1n) is 28.2. The lowest BCUT2D eigenvalue weighted by Gasteiger charge is -2.48. The Bertz CT molecular complexity index is 1500. The van der Waals surface area contributed by atoms with Crippen molar-refractivity contribution in [1.82, 2.24) is 5.32 Å². The summed E-state index contributed by atoms with van der Waals surface area (Å²) >= 11 is 0. The van der Waals surface area contributed by atoms with E-state index in [-0.39, 0.29) is 18.9 Å². The molecule has 0 aromatic rings. The van der Waals surface area contributed by atoms with E-state index in [4.69, 9.17) is 28.4 Å². The van der Waals surface area contributed by atoms with Gasteiger partial charge in [0.2, 0.25) is 5.91 Å². The quantitative estimate of drug-likeness (QED) is 0.0307. The van der Waals surface area contributed by atoms with Crippen LogP contribution < -0.4 is 5.32 Å². The van der Waals surface area contributed by atoms with E-state index in [9.17, 15) is 61.0 Å². The van der Waals surface area contributed by atoms with E-state index in [0.29, 0.717) is 12.8 Å². The Kier molecular flexibility index (Phi) is 35.3. The SMILES string of the molecule is CC/C=C\C/C=C\C/C=C\CCCCCCCC(=O)NC(COC1OC(CO)C(OC2OC(CO)C(OC3OC(CO)C(O)C(O)C3O)C(O)C2O)C(O)C1O)C(O)CCCCCCCCCCCCCCCC. The molecule has 19 nitrogen and oxygen atoms in total. The van der Waals surface area contributed by atoms with Crippen molar-refractivity contribution in [3.8, 4) is 0 Å². The van der Waals surface area contributed by atoms with Gasteiger partial charge in [0, 0.05) is 6.42 Å². The van der Waals surface area contributed by atoms with E-state index >= 15 is 0 Å². The topological polar surface area (TPSA) is 307 Å². The molecule has 19 heteroatoms. The van der Waals surface area contributed by atoms with Crippen LogP contribution in [0, 0.1) is 0 Å². The number of carbonyl (C=O) groups is 1. The number of carbonyl (C=O) groups excluding carboxylic acids is 1. The fourth-order valence-corrected chi connectivity index (χ4v) is 9.56. The van der Waals surface area contributed by atoms with Crippen molar-refractivity contribution in [3.05, 3.63) is 36.5 Å². The maximum Gasteiger partial charge on any atom is 0.220 e. The summed E-state index contributed by atoms with van der Waals surface area (Å²) in [6.07, 6.45) is 12.3. The number of aliphatic hydroxyl groups excluding tert-OH is 11. The molecule has 3 aliphatic heterocycles.